The van der Waals surface area contributed by atoms with Gasteiger partial charge in [-0.1, -0.05) is 25.1 Å². The molecule has 0 saturated heterocycles. The van der Waals surface area contributed by atoms with E-state index in [1.165, 1.54) is 6.07 Å². The summed E-state index contributed by atoms with van der Waals surface area (Å²) in [6.45, 7) is 4.61. The lowest BCUT2D eigenvalue weighted by Gasteiger charge is -2.13. The average molecular weight is 247 g/mol. The number of halogens is 1. The maximum absolute atomic E-state index is 13.6. The van der Waals surface area contributed by atoms with Gasteiger partial charge in [0, 0.05) is 18.0 Å². The van der Waals surface area contributed by atoms with Crippen molar-refractivity contribution < 1.29 is 8.81 Å². The van der Waals surface area contributed by atoms with E-state index < -0.39 is 0 Å². The second-order valence-electron chi connectivity index (χ2n) is 4.35. The largest absolute Gasteiger partial charge is 0.465 e. The van der Waals surface area contributed by atoms with Crippen molar-refractivity contribution in [2.75, 3.05) is 0 Å². The highest BCUT2D eigenvalue weighted by molar-refractivity contribution is 5.20. The summed E-state index contributed by atoms with van der Waals surface area (Å²) < 4.78 is 19.2. The fourth-order valence-electron chi connectivity index (χ4n) is 1.90. The summed E-state index contributed by atoms with van der Waals surface area (Å²) in [7, 11) is 0. The first-order valence-corrected chi connectivity index (χ1v) is 6.26. The topological polar surface area (TPSA) is 25.2 Å². The molecule has 0 bridgehead atoms. The van der Waals surface area contributed by atoms with Gasteiger partial charge in [-0.2, -0.15) is 0 Å². The van der Waals surface area contributed by atoms with Crippen LogP contribution in [0.15, 0.2) is 40.8 Å². The fraction of sp³-hybridized carbons (Fsp3) is 0.333. The smallest absolute Gasteiger partial charge is 0.127 e. The Bertz CT molecular complexity index is 507. The summed E-state index contributed by atoms with van der Waals surface area (Å²) in [5.41, 5.74) is 0.680. The van der Waals surface area contributed by atoms with Gasteiger partial charge >= 0.3 is 0 Å². The normalized spacial score (nSPS) is 12.6. The van der Waals surface area contributed by atoms with Crippen molar-refractivity contribution in [2.45, 2.75) is 32.9 Å². The van der Waals surface area contributed by atoms with Crippen LogP contribution >= 0.6 is 0 Å². The minimum atomic E-state index is -0.175. The number of furan rings is 1. The van der Waals surface area contributed by atoms with Gasteiger partial charge in [-0.3, -0.25) is 0 Å². The first kappa shape index (κ1) is 12.8. The van der Waals surface area contributed by atoms with E-state index in [1.54, 1.807) is 12.1 Å². The maximum Gasteiger partial charge on any atom is 0.127 e. The summed E-state index contributed by atoms with van der Waals surface area (Å²) in [6, 6.07) is 10.7. The number of benzene rings is 1. The van der Waals surface area contributed by atoms with E-state index in [-0.39, 0.29) is 11.9 Å². The Labute approximate surface area is 107 Å². The standard InChI is InChI=1S/C15H18FNO/c1-3-12-8-9-13(18-12)10-17-11(2)14-6-4-5-7-15(14)16/h4-9,11,17H,3,10H2,1-2H3/t11-/m1/s1. The van der Waals surface area contributed by atoms with Gasteiger partial charge in [0.15, 0.2) is 0 Å². The molecular formula is C15H18FNO. The summed E-state index contributed by atoms with van der Waals surface area (Å²) in [6.07, 6.45) is 0.892. The molecule has 3 heteroatoms. The van der Waals surface area contributed by atoms with Crippen LogP contribution < -0.4 is 5.32 Å². The third-order valence-electron chi connectivity index (χ3n) is 3.02. The molecule has 0 spiro atoms. The summed E-state index contributed by atoms with van der Waals surface area (Å²) in [4.78, 5) is 0. The summed E-state index contributed by atoms with van der Waals surface area (Å²) >= 11 is 0. The molecular weight excluding hydrogens is 229 g/mol. The van der Waals surface area contributed by atoms with Crippen molar-refractivity contribution in [1.29, 1.82) is 0 Å². The summed E-state index contributed by atoms with van der Waals surface area (Å²) in [5, 5.41) is 3.26. The quantitative estimate of drug-likeness (QED) is 0.868. The number of hydrogen-bond acceptors (Lipinski definition) is 2. The number of rotatable bonds is 5. The van der Waals surface area contributed by atoms with Crippen molar-refractivity contribution in [2.24, 2.45) is 0 Å². The van der Waals surface area contributed by atoms with E-state index in [4.69, 9.17) is 4.42 Å². The molecule has 0 saturated carbocycles. The lowest BCUT2D eigenvalue weighted by molar-refractivity contribution is 0.431. The molecule has 18 heavy (non-hydrogen) atoms. The molecule has 0 fully saturated rings. The molecule has 2 aromatic rings. The lowest BCUT2D eigenvalue weighted by Crippen LogP contribution is -2.18. The Morgan fingerprint density at radius 2 is 1.89 bits per heavy atom. The monoisotopic (exact) mass is 247 g/mol. The van der Waals surface area contributed by atoms with Gasteiger partial charge in [0.1, 0.15) is 17.3 Å². The molecule has 0 radical (unpaired) electrons. The molecule has 1 aromatic carbocycles. The summed E-state index contributed by atoms with van der Waals surface area (Å²) in [5.74, 6) is 1.69. The second kappa shape index (κ2) is 5.83. The average Bonchev–Trinajstić information content (AvgIpc) is 2.84. The van der Waals surface area contributed by atoms with Gasteiger partial charge in [-0.25, -0.2) is 4.39 Å². The maximum atomic E-state index is 13.6. The molecule has 0 aliphatic heterocycles. The SMILES string of the molecule is CCc1ccc(CN[C@H](C)c2ccccc2F)o1. The Morgan fingerprint density at radius 3 is 2.56 bits per heavy atom. The van der Waals surface area contributed by atoms with Gasteiger partial charge in [0.2, 0.25) is 0 Å². The second-order valence-corrected chi connectivity index (χ2v) is 4.35. The highest BCUT2D eigenvalue weighted by Gasteiger charge is 2.10. The first-order chi connectivity index (χ1) is 8.70. The number of aryl methyl sites for hydroxylation is 1. The Balaban J connectivity index is 1.96. The molecule has 1 atom stereocenters. The van der Waals surface area contributed by atoms with Crippen molar-refractivity contribution >= 4 is 0 Å². The van der Waals surface area contributed by atoms with E-state index in [0.29, 0.717) is 12.1 Å². The number of nitrogens with one attached hydrogen (secondary N) is 1. The Hall–Kier alpha value is -1.61. The molecule has 0 amide bonds. The van der Waals surface area contributed by atoms with E-state index in [1.807, 2.05) is 25.1 Å². The predicted molar refractivity (Wildman–Crippen MR) is 69.7 cm³/mol. The van der Waals surface area contributed by atoms with Crippen molar-refractivity contribution in [3.63, 3.8) is 0 Å². The Morgan fingerprint density at radius 1 is 1.17 bits per heavy atom. The zero-order chi connectivity index (χ0) is 13.0. The van der Waals surface area contributed by atoms with Crippen molar-refractivity contribution in [1.82, 2.24) is 5.32 Å². The van der Waals surface area contributed by atoms with Crippen LogP contribution in [0.3, 0.4) is 0 Å². The van der Waals surface area contributed by atoms with Crippen LogP contribution in [0, 0.1) is 5.82 Å². The molecule has 0 unspecified atom stereocenters. The molecule has 1 heterocycles. The van der Waals surface area contributed by atoms with Crippen LogP contribution in [0.4, 0.5) is 4.39 Å². The van der Waals surface area contributed by atoms with Crippen molar-refractivity contribution in [3.05, 3.63) is 59.3 Å². The van der Waals surface area contributed by atoms with Crippen LogP contribution in [0.25, 0.3) is 0 Å². The minimum Gasteiger partial charge on any atom is -0.465 e. The zero-order valence-corrected chi connectivity index (χ0v) is 10.7. The lowest BCUT2D eigenvalue weighted by atomic mass is 10.1. The van der Waals surface area contributed by atoms with Gasteiger partial charge < -0.3 is 9.73 Å². The van der Waals surface area contributed by atoms with Gasteiger partial charge in [0.05, 0.1) is 6.54 Å². The van der Waals surface area contributed by atoms with Gasteiger partial charge in [-0.05, 0) is 25.1 Å². The molecule has 2 rings (SSSR count). The molecule has 0 aliphatic carbocycles. The van der Waals surface area contributed by atoms with Crippen LogP contribution in [0.2, 0.25) is 0 Å². The fourth-order valence-corrected chi connectivity index (χ4v) is 1.90. The van der Waals surface area contributed by atoms with Gasteiger partial charge in [-0.15, -0.1) is 0 Å². The van der Waals surface area contributed by atoms with Crippen LogP contribution in [0.5, 0.6) is 0 Å². The van der Waals surface area contributed by atoms with Crippen LogP contribution in [-0.2, 0) is 13.0 Å². The molecule has 1 aromatic heterocycles. The van der Waals surface area contributed by atoms with E-state index >= 15 is 0 Å². The van der Waals surface area contributed by atoms with E-state index in [0.717, 1.165) is 17.9 Å². The molecule has 0 aliphatic rings. The number of hydrogen-bond donors (Lipinski definition) is 1. The van der Waals surface area contributed by atoms with E-state index in [9.17, 15) is 4.39 Å². The van der Waals surface area contributed by atoms with Gasteiger partial charge in [0.25, 0.3) is 0 Å². The first-order valence-electron chi connectivity index (χ1n) is 6.26. The minimum absolute atomic E-state index is 0.0404. The van der Waals surface area contributed by atoms with Crippen molar-refractivity contribution in [3.8, 4) is 0 Å². The Kier molecular flexibility index (Phi) is 4.15. The zero-order valence-electron chi connectivity index (χ0n) is 10.7. The molecule has 1 N–H and O–H groups in total. The predicted octanol–water partition coefficient (Wildman–Crippen LogP) is 3.83. The van der Waals surface area contributed by atoms with Crippen LogP contribution in [0.1, 0.15) is 37.0 Å². The third-order valence-corrected chi connectivity index (χ3v) is 3.02. The third kappa shape index (κ3) is 2.99. The highest BCUT2D eigenvalue weighted by Crippen LogP contribution is 2.17. The van der Waals surface area contributed by atoms with E-state index in [2.05, 4.69) is 12.2 Å². The molecule has 2 nitrogen and oxygen atoms in total. The highest BCUT2D eigenvalue weighted by atomic mass is 19.1. The molecule has 96 valence electrons. The van der Waals surface area contributed by atoms with Crippen LogP contribution in [-0.4, -0.2) is 0 Å².